The molecule has 0 spiro atoms. The third kappa shape index (κ3) is 5.87. The normalized spacial score (nSPS) is 18.4. The molecule has 9 rings (SSSR count). The van der Waals surface area contributed by atoms with Crippen LogP contribution in [0, 0.1) is 25.2 Å². The molecule has 54 heavy (non-hydrogen) atoms. The molecular formula is C49H44BN3O. The van der Waals surface area contributed by atoms with Gasteiger partial charge in [0.2, 0.25) is 6.71 Å². The first-order valence-corrected chi connectivity index (χ1v) is 19.1. The average Bonchev–Trinajstić information content (AvgIpc) is 3.19. The summed E-state index contributed by atoms with van der Waals surface area (Å²) in [6.07, 6.45) is 8.81. The molecule has 0 saturated carbocycles. The number of nitrogens with one attached hydrogen (secondary N) is 1. The minimum absolute atomic E-state index is 0.0256. The number of allylic oxidation sites excluding steroid dienone is 5. The maximum atomic E-state index is 10.1. The van der Waals surface area contributed by atoms with Crippen LogP contribution < -0.4 is 20.4 Å². The molecule has 4 nitrogen and oxygen atoms in total. The Kier molecular flexibility index (Phi) is 8.24. The standard InChI is InChI=1S/C49H44BN3O/c1-31-16-18-33(30-51)24-44(31)53(45-27-38(49(3,4)5)21-17-32(45)2)39-28-43-48-47(29-39)54-46-26-37(35-14-10-7-11-15-35)20-23-41(46)50(48)40-22-19-36(25-42(40)52-43)34-12-8-6-9-13-34/h6-21,23-27,29,40,43,52H,22,28H2,1-5H3. The number of anilines is 2. The summed E-state index contributed by atoms with van der Waals surface area (Å²) < 4.78 is 7.09. The van der Waals surface area contributed by atoms with Crippen molar-refractivity contribution in [1.82, 2.24) is 5.32 Å². The summed E-state index contributed by atoms with van der Waals surface area (Å²) >= 11 is 0. The quantitative estimate of drug-likeness (QED) is 0.185. The largest absolute Gasteiger partial charge is 0.459 e. The van der Waals surface area contributed by atoms with E-state index in [4.69, 9.17) is 4.74 Å². The summed E-state index contributed by atoms with van der Waals surface area (Å²) in [6, 6.07) is 43.4. The number of benzene rings is 5. The number of ether oxygens (including phenoxy) is 1. The van der Waals surface area contributed by atoms with Crippen LogP contribution in [0.25, 0.3) is 16.7 Å². The topological polar surface area (TPSA) is 48.3 Å². The number of fused-ring (bicyclic) bond motifs is 4. The van der Waals surface area contributed by atoms with Gasteiger partial charge in [0, 0.05) is 29.5 Å². The molecule has 5 aromatic rings. The zero-order valence-corrected chi connectivity index (χ0v) is 31.7. The van der Waals surface area contributed by atoms with Gasteiger partial charge in [-0.05, 0) is 118 Å². The van der Waals surface area contributed by atoms with Gasteiger partial charge >= 0.3 is 0 Å². The summed E-state index contributed by atoms with van der Waals surface area (Å²) in [5, 5.41) is 14.2. The van der Waals surface area contributed by atoms with Gasteiger partial charge in [0.25, 0.3) is 0 Å². The predicted octanol–water partition coefficient (Wildman–Crippen LogP) is 10.9. The highest BCUT2D eigenvalue weighted by atomic mass is 16.5. The van der Waals surface area contributed by atoms with Crippen molar-refractivity contribution in [2.24, 2.45) is 0 Å². The molecule has 4 aliphatic rings. The second-order valence-corrected chi connectivity index (χ2v) is 16.2. The van der Waals surface area contributed by atoms with Gasteiger partial charge in [-0.2, -0.15) is 5.26 Å². The van der Waals surface area contributed by atoms with Crippen molar-refractivity contribution in [3.05, 3.63) is 184 Å². The van der Waals surface area contributed by atoms with Crippen molar-refractivity contribution in [1.29, 1.82) is 5.26 Å². The van der Waals surface area contributed by atoms with Gasteiger partial charge in [0.05, 0.1) is 17.3 Å². The van der Waals surface area contributed by atoms with Crippen LogP contribution >= 0.6 is 0 Å². The molecule has 1 N–H and O–H groups in total. The molecule has 264 valence electrons. The average molecular weight is 702 g/mol. The third-order valence-corrected chi connectivity index (χ3v) is 11.7. The van der Waals surface area contributed by atoms with Gasteiger partial charge in [-0.25, -0.2) is 0 Å². The van der Waals surface area contributed by atoms with E-state index in [1.807, 2.05) is 12.1 Å². The Bertz CT molecular complexity index is 2480. The van der Waals surface area contributed by atoms with Gasteiger partial charge in [-0.3, -0.25) is 0 Å². The molecule has 2 atom stereocenters. The smallest absolute Gasteiger partial charge is 0.226 e. The van der Waals surface area contributed by atoms with Gasteiger partial charge in [-0.1, -0.05) is 118 Å². The molecule has 0 bridgehead atoms. The van der Waals surface area contributed by atoms with E-state index in [1.54, 1.807) is 0 Å². The van der Waals surface area contributed by atoms with Gasteiger partial charge in [-0.15, -0.1) is 0 Å². The number of hydrogen-bond donors (Lipinski definition) is 1. The number of nitriles is 1. The highest BCUT2D eigenvalue weighted by Crippen LogP contribution is 2.49. The van der Waals surface area contributed by atoms with Gasteiger partial charge in [0.15, 0.2) is 0 Å². The molecule has 1 fully saturated rings. The van der Waals surface area contributed by atoms with Crippen LogP contribution in [-0.2, 0) is 5.41 Å². The highest BCUT2D eigenvalue weighted by molar-refractivity contribution is 6.83. The van der Waals surface area contributed by atoms with Crippen LogP contribution in [-0.4, -0.2) is 12.8 Å². The van der Waals surface area contributed by atoms with Crippen LogP contribution in [0.4, 0.5) is 11.4 Å². The fourth-order valence-corrected chi connectivity index (χ4v) is 8.82. The minimum Gasteiger partial charge on any atom is -0.459 e. The van der Waals surface area contributed by atoms with E-state index in [1.165, 1.54) is 44.5 Å². The highest BCUT2D eigenvalue weighted by Gasteiger charge is 2.49. The Morgan fingerprint density at radius 2 is 1.48 bits per heavy atom. The van der Waals surface area contributed by atoms with Gasteiger partial charge in [0.1, 0.15) is 11.5 Å². The SMILES string of the molecule is Cc1ccc(C#N)cc1N(C1=CC2=C3B(c4ccc(-c5ccccc5)cc4O2)C2CC=C(c4ccccc4)C=C2NC3C1)c1cc(C(C)(C)C)ccc1C. The van der Waals surface area contributed by atoms with E-state index in [0.717, 1.165) is 52.5 Å². The lowest BCUT2D eigenvalue weighted by Gasteiger charge is -2.47. The van der Waals surface area contributed by atoms with Crippen LogP contribution in [0.5, 0.6) is 5.75 Å². The van der Waals surface area contributed by atoms with E-state index in [2.05, 4.69) is 172 Å². The van der Waals surface area contributed by atoms with E-state index in [0.29, 0.717) is 5.56 Å². The maximum Gasteiger partial charge on any atom is 0.226 e. The second kappa shape index (κ2) is 13.1. The molecule has 2 aliphatic carbocycles. The minimum atomic E-state index is -0.0362. The fourth-order valence-electron chi connectivity index (χ4n) is 8.82. The van der Waals surface area contributed by atoms with E-state index in [9.17, 15) is 5.26 Å². The summed E-state index contributed by atoms with van der Waals surface area (Å²) in [4.78, 5) is 2.40. The summed E-state index contributed by atoms with van der Waals surface area (Å²) in [5.74, 6) is 2.13. The number of nitrogens with zero attached hydrogens (tertiary/aromatic N) is 2. The lowest BCUT2D eigenvalue weighted by atomic mass is 9.28. The predicted molar refractivity (Wildman–Crippen MR) is 223 cm³/mol. The Labute approximate surface area is 319 Å². The molecule has 0 radical (unpaired) electrons. The van der Waals surface area contributed by atoms with E-state index < -0.39 is 0 Å². The summed E-state index contributed by atoms with van der Waals surface area (Å²) in [7, 11) is 0. The van der Waals surface area contributed by atoms with Crippen molar-refractivity contribution >= 4 is 29.1 Å². The zero-order chi connectivity index (χ0) is 37.1. The van der Waals surface area contributed by atoms with E-state index in [-0.39, 0.29) is 24.0 Å². The Hall–Kier alpha value is -5.99. The third-order valence-electron chi connectivity index (χ3n) is 11.7. The van der Waals surface area contributed by atoms with Crippen LogP contribution in [0.15, 0.2) is 156 Å². The first kappa shape index (κ1) is 33.8. The molecule has 2 heterocycles. The molecular weight excluding hydrogens is 657 g/mol. The molecule has 1 saturated heterocycles. The lowest BCUT2D eigenvalue weighted by Crippen LogP contribution is -2.56. The first-order valence-electron chi connectivity index (χ1n) is 19.1. The Morgan fingerprint density at radius 1 is 0.778 bits per heavy atom. The van der Waals surface area contributed by atoms with Crippen molar-refractivity contribution in [2.45, 2.75) is 64.7 Å². The monoisotopic (exact) mass is 701 g/mol. The summed E-state index contributed by atoms with van der Waals surface area (Å²) in [5.41, 5.74) is 16.1. The van der Waals surface area contributed by atoms with Crippen LogP contribution in [0.3, 0.4) is 0 Å². The number of aryl methyl sites for hydroxylation is 2. The van der Waals surface area contributed by atoms with Crippen LogP contribution in [0.2, 0.25) is 5.82 Å². The second-order valence-electron chi connectivity index (χ2n) is 16.2. The lowest BCUT2D eigenvalue weighted by molar-refractivity contribution is 0.419. The van der Waals surface area contributed by atoms with Gasteiger partial charge < -0.3 is 15.0 Å². The molecule has 2 aliphatic heterocycles. The van der Waals surface area contributed by atoms with Crippen molar-refractivity contribution in [2.75, 3.05) is 4.90 Å². The van der Waals surface area contributed by atoms with E-state index >= 15 is 0 Å². The number of rotatable bonds is 5. The zero-order valence-electron chi connectivity index (χ0n) is 31.7. The molecule has 5 aromatic carbocycles. The number of hydrogen-bond acceptors (Lipinski definition) is 4. The van der Waals surface area contributed by atoms with Crippen LogP contribution in [0.1, 0.15) is 61.4 Å². The first-order chi connectivity index (χ1) is 26.2. The molecule has 2 unspecified atom stereocenters. The Balaban J connectivity index is 1.23. The van der Waals surface area contributed by atoms with Crippen molar-refractivity contribution in [3.8, 4) is 22.9 Å². The van der Waals surface area contributed by atoms with Crippen molar-refractivity contribution in [3.63, 3.8) is 0 Å². The Morgan fingerprint density at radius 3 is 2.20 bits per heavy atom. The molecule has 0 amide bonds. The fraction of sp³-hybridized carbons (Fsp3) is 0.204. The summed E-state index contributed by atoms with van der Waals surface area (Å²) in [6.45, 7) is 11.3. The van der Waals surface area contributed by atoms with Crippen molar-refractivity contribution < 1.29 is 4.74 Å². The maximum absolute atomic E-state index is 10.1. The molecule has 5 heteroatoms. The molecule has 0 aromatic heterocycles.